The van der Waals surface area contributed by atoms with E-state index >= 15 is 0 Å². The summed E-state index contributed by atoms with van der Waals surface area (Å²) in [5, 5.41) is 3.97. The van der Waals surface area contributed by atoms with E-state index in [1.165, 1.54) is 0 Å². The van der Waals surface area contributed by atoms with Gasteiger partial charge in [-0.3, -0.25) is 9.69 Å². The van der Waals surface area contributed by atoms with Gasteiger partial charge in [-0.2, -0.15) is 0 Å². The molecule has 0 atom stereocenters. The molecule has 29 heavy (non-hydrogen) atoms. The lowest BCUT2D eigenvalue weighted by Gasteiger charge is -2.30. The average Bonchev–Trinajstić information content (AvgIpc) is 3.09. The molecule has 0 spiro atoms. The lowest BCUT2D eigenvalue weighted by molar-refractivity contribution is 0.0941. The second-order valence-corrected chi connectivity index (χ2v) is 8.12. The number of nitrogens with zero attached hydrogens (tertiary/aromatic N) is 4. The van der Waals surface area contributed by atoms with Gasteiger partial charge in [-0.05, 0) is 52.8 Å². The molecule has 3 aromatic rings. The Hall–Kier alpha value is -2.73. The topological polar surface area (TPSA) is 63.1 Å². The second-order valence-electron chi connectivity index (χ2n) is 8.12. The first-order valence-electron chi connectivity index (χ1n) is 10.2. The Balaban J connectivity index is 1.91. The van der Waals surface area contributed by atoms with Gasteiger partial charge in [0, 0.05) is 50.0 Å². The fraction of sp³-hybridized carbons (Fsp3) is 0.435. The van der Waals surface area contributed by atoms with E-state index in [-0.39, 0.29) is 5.91 Å². The molecule has 0 aliphatic heterocycles. The van der Waals surface area contributed by atoms with Crippen LogP contribution in [0.5, 0.6) is 0 Å². The highest BCUT2D eigenvalue weighted by Gasteiger charge is 2.17. The first-order valence-corrected chi connectivity index (χ1v) is 10.2. The van der Waals surface area contributed by atoms with Crippen molar-refractivity contribution in [3.05, 3.63) is 47.8 Å². The van der Waals surface area contributed by atoms with Crippen LogP contribution in [-0.4, -0.2) is 50.5 Å². The SMILES string of the molecule is Cc1ccc2nc(-c3nccn3C)cc(C(=O)NCCN(C(C)C)C(C)C)c2c1. The molecule has 1 aromatic carbocycles. The molecule has 1 N–H and O–H groups in total. The molecule has 6 nitrogen and oxygen atoms in total. The number of benzene rings is 1. The zero-order valence-corrected chi connectivity index (χ0v) is 18.2. The quantitative estimate of drug-likeness (QED) is 0.663. The zero-order valence-electron chi connectivity index (χ0n) is 18.2. The van der Waals surface area contributed by atoms with Gasteiger partial charge in [0.1, 0.15) is 5.69 Å². The summed E-state index contributed by atoms with van der Waals surface area (Å²) in [5.41, 5.74) is 3.23. The van der Waals surface area contributed by atoms with Crippen molar-refractivity contribution in [2.75, 3.05) is 13.1 Å². The van der Waals surface area contributed by atoms with E-state index in [0.717, 1.165) is 28.8 Å². The van der Waals surface area contributed by atoms with Crippen molar-refractivity contribution in [1.82, 2.24) is 24.8 Å². The smallest absolute Gasteiger partial charge is 0.252 e. The molecular formula is C23H31N5O. The van der Waals surface area contributed by atoms with Crippen LogP contribution in [0, 0.1) is 6.92 Å². The number of aromatic nitrogens is 3. The molecule has 2 aromatic heterocycles. The van der Waals surface area contributed by atoms with Crippen LogP contribution in [0.3, 0.4) is 0 Å². The molecule has 0 saturated carbocycles. The maximum Gasteiger partial charge on any atom is 0.252 e. The highest BCUT2D eigenvalue weighted by atomic mass is 16.1. The van der Waals surface area contributed by atoms with E-state index in [9.17, 15) is 4.79 Å². The Labute approximate surface area is 173 Å². The minimum Gasteiger partial charge on any atom is -0.351 e. The van der Waals surface area contributed by atoms with Crippen molar-refractivity contribution in [3.8, 4) is 11.5 Å². The number of nitrogens with one attached hydrogen (secondary N) is 1. The van der Waals surface area contributed by atoms with E-state index in [1.807, 2.05) is 49.0 Å². The maximum atomic E-state index is 13.1. The Morgan fingerprint density at radius 2 is 1.90 bits per heavy atom. The number of hydrogen-bond donors (Lipinski definition) is 1. The molecule has 3 rings (SSSR count). The summed E-state index contributed by atoms with van der Waals surface area (Å²) in [7, 11) is 1.93. The normalized spacial score (nSPS) is 11.8. The molecular weight excluding hydrogens is 362 g/mol. The number of pyridine rings is 1. The standard InChI is InChI=1S/C23H31N5O/c1-15(2)28(16(3)4)12-10-25-23(29)19-14-21(22-24-9-11-27(22)6)26-20-8-7-17(5)13-18(19)20/h7-9,11,13-16H,10,12H2,1-6H3,(H,25,29). The maximum absolute atomic E-state index is 13.1. The molecule has 154 valence electrons. The predicted octanol–water partition coefficient (Wildman–Crippen LogP) is 3.79. The number of hydrogen-bond acceptors (Lipinski definition) is 4. The number of fused-ring (bicyclic) bond motifs is 1. The monoisotopic (exact) mass is 393 g/mol. The van der Waals surface area contributed by atoms with E-state index < -0.39 is 0 Å². The second kappa shape index (κ2) is 8.74. The van der Waals surface area contributed by atoms with Gasteiger partial charge < -0.3 is 9.88 Å². The Morgan fingerprint density at radius 3 is 2.52 bits per heavy atom. The van der Waals surface area contributed by atoms with Crippen LogP contribution in [0.15, 0.2) is 36.7 Å². The van der Waals surface area contributed by atoms with Gasteiger partial charge in [-0.1, -0.05) is 11.6 Å². The Morgan fingerprint density at radius 1 is 1.17 bits per heavy atom. The molecule has 2 heterocycles. The summed E-state index contributed by atoms with van der Waals surface area (Å²) < 4.78 is 1.91. The first kappa shape index (κ1) is 21.0. The first-order chi connectivity index (χ1) is 13.8. The van der Waals surface area contributed by atoms with Gasteiger partial charge >= 0.3 is 0 Å². The Kier molecular flexibility index (Phi) is 6.33. The van der Waals surface area contributed by atoms with E-state index in [4.69, 9.17) is 4.98 Å². The number of carbonyl (C=O) groups excluding carboxylic acids is 1. The number of imidazole rings is 1. The Bertz CT molecular complexity index is 998. The van der Waals surface area contributed by atoms with Gasteiger partial charge in [-0.15, -0.1) is 0 Å². The van der Waals surface area contributed by atoms with Crippen LogP contribution in [0.4, 0.5) is 0 Å². The fourth-order valence-electron chi connectivity index (χ4n) is 3.76. The molecule has 0 fully saturated rings. The lowest BCUT2D eigenvalue weighted by Crippen LogP contribution is -2.42. The van der Waals surface area contributed by atoms with Crippen molar-refractivity contribution in [3.63, 3.8) is 0 Å². The van der Waals surface area contributed by atoms with Crippen LogP contribution in [-0.2, 0) is 7.05 Å². The fourth-order valence-corrected chi connectivity index (χ4v) is 3.76. The minimum absolute atomic E-state index is 0.0779. The summed E-state index contributed by atoms with van der Waals surface area (Å²) >= 11 is 0. The molecule has 6 heteroatoms. The summed E-state index contributed by atoms with van der Waals surface area (Å²) in [5.74, 6) is 0.665. The van der Waals surface area contributed by atoms with Crippen molar-refractivity contribution in [2.45, 2.75) is 46.7 Å². The number of amides is 1. The van der Waals surface area contributed by atoms with Gasteiger partial charge in [0.05, 0.1) is 11.1 Å². The van der Waals surface area contributed by atoms with Gasteiger partial charge in [-0.25, -0.2) is 9.97 Å². The third-order valence-electron chi connectivity index (χ3n) is 5.24. The third-order valence-corrected chi connectivity index (χ3v) is 5.24. The predicted molar refractivity (Wildman–Crippen MR) is 118 cm³/mol. The van der Waals surface area contributed by atoms with Crippen molar-refractivity contribution in [1.29, 1.82) is 0 Å². The summed E-state index contributed by atoms with van der Waals surface area (Å²) in [6, 6.07) is 8.73. The van der Waals surface area contributed by atoms with E-state index in [0.29, 0.717) is 29.9 Å². The van der Waals surface area contributed by atoms with Gasteiger partial charge in [0.25, 0.3) is 5.91 Å². The van der Waals surface area contributed by atoms with Crippen LogP contribution in [0.1, 0.15) is 43.6 Å². The summed E-state index contributed by atoms with van der Waals surface area (Å²) in [6.45, 7) is 12.2. The van der Waals surface area contributed by atoms with Crippen LogP contribution in [0.25, 0.3) is 22.4 Å². The number of aryl methyl sites for hydroxylation is 2. The minimum atomic E-state index is -0.0779. The van der Waals surface area contributed by atoms with Crippen molar-refractivity contribution >= 4 is 16.8 Å². The van der Waals surface area contributed by atoms with Crippen LogP contribution >= 0.6 is 0 Å². The van der Waals surface area contributed by atoms with Gasteiger partial charge in [0.2, 0.25) is 0 Å². The molecule has 0 saturated heterocycles. The largest absolute Gasteiger partial charge is 0.351 e. The van der Waals surface area contributed by atoms with Gasteiger partial charge in [0.15, 0.2) is 5.82 Å². The van der Waals surface area contributed by atoms with Crippen molar-refractivity contribution in [2.24, 2.45) is 7.05 Å². The number of carbonyl (C=O) groups is 1. The van der Waals surface area contributed by atoms with E-state index in [1.54, 1.807) is 6.20 Å². The highest BCUT2D eigenvalue weighted by Crippen LogP contribution is 2.24. The average molecular weight is 394 g/mol. The molecule has 1 amide bonds. The van der Waals surface area contributed by atoms with Crippen LogP contribution in [0.2, 0.25) is 0 Å². The highest BCUT2D eigenvalue weighted by molar-refractivity contribution is 6.07. The molecule has 0 unspecified atom stereocenters. The third kappa shape index (κ3) is 4.65. The van der Waals surface area contributed by atoms with Crippen LogP contribution < -0.4 is 5.32 Å². The molecule has 0 aliphatic rings. The summed E-state index contributed by atoms with van der Waals surface area (Å²) in [6.07, 6.45) is 3.62. The molecule has 0 radical (unpaired) electrons. The van der Waals surface area contributed by atoms with E-state index in [2.05, 4.69) is 42.9 Å². The zero-order chi connectivity index (χ0) is 21.1. The molecule has 0 aliphatic carbocycles. The molecule has 0 bridgehead atoms. The number of rotatable bonds is 7. The lowest BCUT2D eigenvalue weighted by atomic mass is 10.0. The summed E-state index contributed by atoms with van der Waals surface area (Å²) in [4.78, 5) is 24.6. The van der Waals surface area contributed by atoms with Crippen molar-refractivity contribution < 1.29 is 4.79 Å².